The first-order valence-corrected chi connectivity index (χ1v) is 3.15. The molecule has 1 N–H and O–H groups in total. The van der Waals surface area contributed by atoms with Crippen molar-refractivity contribution in [1.82, 2.24) is 0 Å². The monoisotopic (exact) mass is 182 g/mol. The third-order valence-electron chi connectivity index (χ3n) is 1.35. The highest BCUT2D eigenvalue weighted by Gasteiger charge is 2.51. The van der Waals surface area contributed by atoms with Crippen molar-refractivity contribution < 1.29 is 23.1 Å². The summed E-state index contributed by atoms with van der Waals surface area (Å²) < 4.78 is 36.0. The van der Waals surface area contributed by atoms with Gasteiger partial charge in [-0.3, -0.25) is 4.79 Å². The number of halogens is 3. The van der Waals surface area contributed by atoms with Crippen molar-refractivity contribution in [3.63, 3.8) is 0 Å². The fourth-order valence-corrected chi connectivity index (χ4v) is 0.668. The molecule has 0 bridgehead atoms. The number of rotatable bonds is 3. The Bertz CT molecular complexity index is 197. The Morgan fingerprint density at radius 2 is 2.00 bits per heavy atom. The number of Topliss-reactive ketones (excluding diaryl/α,β-unsaturated/α-hetero) is 1. The predicted molar refractivity (Wildman–Crippen MR) is 36.5 cm³/mol. The molecule has 0 saturated heterocycles. The van der Waals surface area contributed by atoms with E-state index in [4.69, 9.17) is 5.11 Å². The van der Waals surface area contributed by atoms with Gasteiger partial charge in [0.2, 0.25) is 0 Å². The normalized spacial score (nSPS) is 16.8. The van der Waals surface area contributed by atoms with Crippen LogP contribution in [0.5, 0.6) is 0 Å². The van der Waals surface area contributed by atoms with Crippen molar-refractivity contribution in [3.05, 3.63) is 12.7 Å². The lowest BCUT2D eigenvalue weighted by molar-refractivity contribution is -0.240. The number of alkyl halides is 3. The lowest BCUT2D eigenvalue weighted by Gasteiger charge is -2.25. The van der Waals surface area contributed by atoms with Crippen LogP contribution in [0.3, 0.4) is 0 Å². The summed E-state index contributed by atoms with van der Waals surface area (Å²) in [4.78, 5) is 10.4. The molecule has 0 aromatic rings. The second kappa shape index (κ2) is 3.26. The Kier molecular flexibility index (Phi) is 3.04. The summed E-state index contributed by atoms with van der Waals surface area (Å²) in [5.74, 6) is -0.741. The Balaban J connectivity index is 4.68. The molecule has 1 atom stereocenters. The molecule has 0 saturated carbocycles. The number of hydrogen-bond donors (Lipinski definition) is 1. The third-order valence-corrected chi connectivity index (χ3v) is 1.35. The highest BCUT2D eigenvalue weighted by molar-refractivity contribution is 5.77. The van der Waals surface area contributed by atoms with Crippen molar-refractivity contribution in [2.75, 3.05) is 0 Å². The summed E-state index contributed by atoms with van der Waals surface area (Å²) >= 11 is 0. The van der Waals surface area contributed by atoms with Crippen LogP contribution < -0.4 is 0 Å². The quantitative estimate of drug-likeness (QED) is 0.670. The fourth-order valence-electron chi connectivity index (χ4n) is 0.668. The maximum Gasteiger partial charge on any atom is 0.421 e. The molecule has 0 aliphatic carbocycles. The van der Waals surface area contributed by atoms with E-state index in [0.29, 0.717) is 6.08 Å². The van der Waals surface area contributed by atoms with Gasteiger partial charge in [0.25, 0.3) is 0 Å². The van der Waals surface area contributed by atoms with Crippen molar-refractivity contribution >= 4 is 5.78 Å². The number of hydrogen-bond acceptors (Lipinski definition) is 2. The minimum atomic E-state index is -4.85. The summed E-state index contributed by atoms with van der Waals surface area (Å²) in [6, 6.07) is 0. The molecule has 70 valence electrons. The molecule has 0 aromatic heterocycles. The second-order valence-corrected chi connectivity index (χ2v) is 2.50. The zero-order valence-electron chi connectivity index (χ0n) is 6.48. The summed E-state index contributed by atoms with van der Waals surface area (Å²) in [5.41, 5.74) is -3.08. The van der Waals surface area contributed by atoms with Crippen LogP contribution in [0.1, 0.15) is 13.3 Å². The van der Waals surface area contributed by atoms with Gasteiger partial charge >= 0.3 is 6.18 Å². The van der Waals surface area contributed by atoms with Crippen LogP contribution in [0.4, 0.5) is 13.2 Å². The van der Waals surface area contributed by atoms with E-state index >= 15 is 0 Å². The smallest absolute Gasteiger partial charge is 0.376 e. The maximum absolute atomic E-state index is 12.0. The van der Waals surface area contributed by atoms with Crippen LogP contribution in [0.25, 0.3) is 0 Å². The first-order valence-electron chi connectivity index (χ1n) is 3.15. The van der Waals surface area contributed by atoms with Gasteiger partial charge in [-0.05, 0) is 6.92 Å². The molecule has 0 radical (unpaired) electrons. The maximum atomic E-state index is 12.0. The standard InChI is InChI=1S/C7H9F3O2/c1-3-6(12,4-5(2)11)7(8,9)10/h3,12H,1,4H2,2H3. The summed E-state index contributed by atoms with van der Waals surface area (Å²) in [6.45, 7) is 3.80. The highest BCUT2D eigenvalue weighted by atomic mass is 19.4. The zero-order valence-corrected chi connectivity index (χ0v) is 6.48. The van der Waals surface area contributed by atoms with E-state index in [-0.39, 0.29) is 0 Å². The summed E-state index contributed by atoms with van der Waals surface area (Å²) in [7, 11) is 0. The van der Waals surface area contributed by atoms with E-state index < -0.39 is 24.0 Å². The molecular formula is C7H9F3O2. The Hall–Kier alpha value is -0.840. The molecular weight excluding hydrogens is 173 g/mol. The second-order valence-electron chi connectivity index (χ2n) is 2.50. The number of carbonyl (C=O) groups is 1. The van der Waals surface area contributed by atoms with Gasteiger partial charge in [-0.25, -0.2) is 0 Å². The van der Waals surface area contributed by atoms with Gasteiger partial charge in [-0.1, -0.05) is 12.7 Å². The van der Waals surface area contributed by atoms with E-state index in [1.54, 1.807) is 0 Å². The van der Waals surface area contributed by atoms with Gasteiger partial charge in [0.15, 0.2) is 5.60 Å². The van der Waals surface area contributed by atoms with E-state index in [1.807, 2.05) is 0 Å². The molecule has 0 amide bonds. The molecule has 5 heteroatoms. The van der Waals surface area contributed by atoms with Crippen LogP contribution in [-0.2, 0) is 4.79 Å². The van der Waals surface area contributed by atoms with Crippen LogP contribution >= 0.6 is 0 Å². The van der Waals surface area contributed by atoms with Gasteiger partial charge < -0.3 is 5.11 Å². The zero-order chi connectivity index (χ0) is 9.99. The highest BCUT2D eigenvalue weighted by Crippen LogP contribution is 2.33. The van der Waals surface area contributed by atoms with Crippen LogP contribution in [0.2, 0.25) is 0 Å². The van der Waals surface area contributed by atoms with Gasteiger partial charge in [0, 0.05) is 6.42 Å². The minimum absolute atomic E-state index is 0.328. The minimum Gasteiger partial charge on any atom is -0.376 e. The van der Waals surface area contributed by atoms with E-state index in [2.05, 4.69) is 6.58 Å². The van der Waals surface area contributed by atoms with Crippen LogP contribution in [-0.4, -0.2) is 22.7 Å². The number of ketones is 1. The topological polar surface area (TPSA) is 37.3 Å². The van der Waals surface area contributed by atoms with E-state index in [1.165, 1.54) is 0 Å². The Morgan fingerprint density at radius 1 is 1.58 bits per heavy atom. The van der Waals surface area contributed by atoms with E-state index in [0.717, 1.165) is 6.92 Å². The van der Waals surface area contributed by atoms with Gasteiger partial charge in [0.1, 0.15) is 5.78 Å². The summed E-state index contributed by atoms with van der Waals surface area (Å²) in [5, 5.41) is 8.86. The third kappa shape index (κ3) is 2.34. The lowest BCUT2D eigenvalue weighted by atomic mass is 9.97. The van der Waals surface area contributed by atoms with Gasteiger partial charge in [0.05, 0.1) is 0 Å². The first kappa shape index (κ1) is 11.2. The number of aliphatic hydroxyl groups is 1. The number of carbonyl (C=O) groups excluding carboxylic acids is 1. The van der Waals surface area contributed by atoms with Crippen molar-refractivity contribution in [1.29, 1.82) is 0 Å². The Labute approximate surface area is 67.7 Å². The van der Waals surface area contributed by atoms with Crippen LogP contribution in [0.15, 0.2) is 12.7 Å². The molecule has 0 rings (SSSR count). The average molecular weight is 182 g/mol. The molecule has 0 fully saturated rings. The molecule has 0 aliphatic rings. The van der Waals surface area contributed by atoms with Crippen molar-refractivity contribution in [2.24, 2.45) is 0 Å². The molecule has 2 nitrogen and oxygen atoms in total. The van der Waals surface area contributed by atoms with Crippen molar-refractivity contribution in [3.8, 4) is 0 Å². The largest absolute Gasteiger partial charge is 0.421 e. The first-order chi connectivity index (χ1) is 5.23. The Morgan fingerprint density at radius 3 is 2.08 bits per heavy atom. The molecule has 0 heterocycles. The van der Waals surface area contributed by atoms with Gasteiger partial charge in [-0.15, -0.1) is 0 Å². The van der Waals surface area contributed by atoms with Gasteiger partial charge in [-0.2, -0.15) is 13.2 Å². The fraction of sp³-hybridized carbons (Fsp3) is 0.571. The van der Waals surface area contributed by atoms with Crippen molar-refractivity contribution in [2.45, 2.75) is 25.1 Å². The SMILES string of the molecule is C=CC(O)(CC(C)=O)C(F)(F)F. The molecule has 0 aromatic carbocycles. The lowest BCUT2D eigenvalue weighted by Crippen LogP contribution is -2.44. The molecule has 0 spiro atoms. The average Bonchev–Trinajstić information content (AvgIpc) is 1.83. The molecule has 0 aliphatic heterocycles. The van der Waals surface area contributed by atoms with Crippen LogP contribution in [0, 0.1) is 0 Å². The predicted octanol–water partition coefficient (Wildman–Crippen LogP) is 1.44. The molecule has 12 heavy (non-hydrogen) atoms. The molecule has 1 unspecified atom stereocenters. The summed E-state index contributed by atoms with van der Waals surface area (Å²) in [6.07, 6.45) is -5.51. The van der Waals surface area contributed by atoms with E-state index in [9.17, 15) is 18.0 Å².